The van der Waals surface area contributed by atoms with Crippen molar-refractivity contribution < 1.29 is 4.42 Å². The zero-order valence-corrected chi connectivity index (χ0v) is 91.9. The monoisotopic (exact) mass is 1790 g/mol. The molecule has 0 saturated carbocycles. The first-order valence-corrected chi connectivity index (χ1v) is 50.6. The van der Waals surface area contributed by atoms with Crippen LogP contribution in [0, 0.1) is 0 Å². The molecule has 0 fully saturated rings. The van der Waals surface area contributed by atoms with Gasteiger partial charge in [-0.05, 0) is 198 Å². The summed E-state index contributed by atoms with van der Waals surface area (Å²) in [4.78, 5) is 23.9. The molecule has 10 nitrogen and oxygen atoms in total. The molecule has 714 valence electrons. The van der Waals surface area contributed by atoms with Gasteiger partial charge >= 0.3 is 0 Å². The lowest BCUT2D eigenvalue weighted by Crippen LogP contribution is -2.09. The number of aromatic nitrogens is 9. The molecular formula is C117H183N9OS2. The third-order valence-electron chi connectivity index (χ3n) is 22.9. The fourth-order valence-corrected chi connectivity index (χ4v) is 15.7. The lowest BCUT2D eigenvalue weighted by molar-refractivity contribution is 0.521. The average Bonchev–Trinajstić information content (AvgIpc) is 1.64. The summed E-state index contributed by atoms with van der Waals surface area (Å²) in [6.07, 6.45) is 12.8. The minimum atomic E-state index is 0.255. The molecular weight excluding hydrogens is 1610 g/mol. The van der Waals surface area contributed by atoms with Crippen LogP contribution in [0.2, 0.25) is 0 Å². The van der Waals surface area contributed by atoms with E-state index in [1.54, 1.807) is 11.3 Å². The number of imidazole rings is 1. The third-order valence-corrected chi connectivity index (χ3v) is 25.8. The molecule has 0 amide bonds. The molecule has 12 rings (SSSR count). The minimum Gasteiger partial charge on any atom is -0.461 e. The lowest BCUT2D eigenvalue weighted by Gasteiger charge is -2.15. The van der Waals surface area contributed by atoms with E-state index >= 15 is 0 Å². The van der Waals surface area contributed by atoms with Crippen LogP contribution >= 0.6 is 22.7 Å². The Morgan fingerprint density at radius 2 is 0.729 bits per heavy atom. The highest BCUT2D eigenvalue weighted by Gasteiger charge is 2.21. The Kier molecular flexibility index (Phi) is 48.2. The van der Waals surface area contributed by atoms with Gasteiger partial charge in [-0.1, -0.05) is 358 Å². The molecule has 0 spiro atoms. The van der Waals surface area contributed by atoms with E-state index in [9.17, 15) is 0 Å². The zero-order valence-electron chi connectivity index (χ0n) is 90.2. The molecule has 0 aliphatic rings. The molecule has 0 aliphatic heterocycles. The summed E-state index contributed by atoms with van der Waals surface area (Å²) in [6, 6.07) is 44.0. The van der Waals surface area contributed by atoms with Crippen LogP contribution in [-0.4, -0.2) is 43.2 Å². The van der Waals surface area contributed by atoms with Gasteiger partial charge in [-0.3, -0.25) is 9.97 Å². The van der Waals surface area contributed by atoms with Crippen LogP contribution in [-0.2, 0) is 39.0 Å². The lowest BCUT2D eigenvalue weighted by atomic mass is 9.89. The Hall–Kier alpha value is -8.19. The van der Waals surface area contributed by atoms with Gasteiger partial charge in [0.1, 0.15) is 17.2 Å². The number of fused-ring (bicyclic) bond motifs is 1. The highest BCUT2D eigenvalue weighted by atomic mass is 32.1. The molecule has 0 bridgehead atoms. The van der Waals surface area contributed by atoms with Crippen LogP contribution in [0.1, 0.15) is 508 Å². The SMILES string of the molecule is CC(C)c1cc(C(C)(C)C)cn1C.CC(C)c1cc(C(C)C)n(C)c1.CC(C)c1ccc(-c2cc(C(C)C)n(C)c2)cc1.CC(C)c1ccc(C(C)C)nc1.CC(C)c1ccc2oc(C(C)C)cc2c1.CC(C)c1cccc(C(C)C)c1.CC(C)c1cccc(C(C)C)n1.CC(C)c1cn(C)c(C(C)C)n1.CC(C)c1csc(C(C)C)n1.CC(C)c1ncc(C(C)(C)C)s1. The molecule has 12 heteroatoms. The van der Waals surface area contributed by atoms with Crippen LogP contribution in [0.4, 0.5) is 0 Å². The summed E-state index contributed by atoms with van der Waals surface area (Å²) in [5.41, 5.74) is 24.2. The summed E-state index contributed by atoms with van der Waals surface area (Å²) >= 11 is 3.61. The number of thiazole rings is 2. The first-order chi connectivity index (χ1) is 59.8. The van der Waals surface area contributed by atoms with Crippen LogP contribution in [0.5, 0.6) is 0 Å². The molecule has 12 aromatic rings. The summed E-state index contributed by atoms with van der Waals surface area (Å²) in [5.74, 6) is 12.6. The van der Waals surface area contributed by atoms with Crippen LogP contribution in [0.3, 0.4) is 0 Å². The van der Waals surface area contributed by atoms with Gasteiger partial charge in [0.2, 0.25) is 0 Å². The summed E-state index contributed by atoms with van der Waals surface area (Å²) < 4.78 is 14.6. The second kappa shape index (κ2) is 54.1. The van der Waals surface area contributed by atoms with Crippen molar-refractivity contribution in [2.75, 3.05) is 0 Å². The number of hydrogen-bond acceptors (Lipinski definition) is 8. The first kappa shape index (κ1) is 115. The van der Waals surface area contributed by atoms with E-state index in [1.807, 2.05) is 23.7 Å². The van der Waals surface area contributed by atoms with Crippen molar-refractivity contribution >= 4 is 33.6 Å². The van der Waals surface area contributed by atoms with Crippen molar-refractivity contribution in [3.8, 4) is 11.1 Å². The third kappa shape index (κ3) is 38.9. The average molecular weight is 1800 g/mol. The summed E-state index contributed by atoms with van der Waals surface area (Å²) in [7, 11) is 8.45. The minimum absolute atomic E-state index is 0.255. The van der Waals surface area contributed by atoms with Gasteiger partial charge in [0.25, 0.3) is 0 Å². The van der Waals surface area contributed by atoms with E-state index in [4.69, 9.17) is 4.42 Å². The maximum atomic E-state index is 5.76. The predicted molar refractivity (Wildman–Crippen MR) is 571 cm³/mol. The molecule has 9 aromatic heterocycles. The maximum absolute atomic E-state index is 5.76. The van der Waals surface area contributed by atoms with Crippen molar-refractivity contribution in [3.63, 3.8) is 0 Å². The molecule has 0 saturated heterocycles. The van der Waals surface area contributed by atoms with Crippen molar-refractivity contribution in [2.24, 2.45) is 28.2 Å². The summed E-state index contributed by atoms with van der Waals surface area (Å²) in [6.45, 7) is 92.7. The van der Waals surface area contributed by atoms with Gasteiger partial charge in [-0.25, -0.2) is 15.0 Å². The molecule has 9 heterocycles. The van der Waals surface area contributed by atoms with Gasteiger partial charge in [-0.15, -0.1) is 22.7 Å². The molecule has 0 radical (unpaired) electrons. The second-order valence-electron chi connectivity index (χ2n) is 43.2. The number of benzene rings is 3. The standard InChI is InChI=1S/C17H23N.C14H18O.C12H21N.C12H18.C11H19N.2C11H17N.C10H18N2.C10H17NS.C9H15NS/c1-12(2)14-6-8-15(9-7-14)16-10-17(13(3)4)18(5)11-16;1-9(2)11-5-6-13-12(7-11)8-14(15-13)10(3)4;1-9(2)11-7-10(8-13(11)6)12(3,4)5;1-9(2)11-6-5-7-12(8-11)10(3)4;1-8(2)10-6-11(9(3)4)12(5)7-10;1-8(2)10-5-6-11(9(3)4)12-7-10;1-8(2)10-6-5-7-11(12-10)9(3)4;1-7(2)9-6-12(5)10(11-9)8(3)4;1-7(2)9-11-6-8(12-9)10(3,4)5;1-6(2)8-5-11-9(10-8)7(3)4/h6-13H,1-5H3;5-10H,1-4H3;7-9H,1-6H3;5-10H,1-4H3;6-9H,1-5H3;2*5-9H,1-4H3;6-8H,1-5H3;6-7H,1-5H3;5-7H,1-4H3. The Morgan fingerprint density at radius 1 is 0.287 bits per heavy atom. The Bertz CT molecular complexity index is 4880. The first-order valence-electron chi connectivity index (χ1n) is 48.9. The largest absolute Gasteiger partial charge is 0.461 e. The second-order valence-corrected chi connectivity index (χ2v) is 45.1. The van der Waals surface area contributed by atoms with Gasteiger partial charge in [-0.2, -0.15) is 0 Å². The Balaban J connectivity index is 0.000000371. The topological polar surface area (TPSA) is 97.3 Å². The molecule has 129 heavy (non-hydrogen) atoms. The van der Waals surface area contributed by atoms with Gasteiger partial charge in [0, 0.05) is 139 Å². The molecule has 0 unspecified atom stereocenters. The number of aryl methyl sites for hydroxylation is 4. The highest BCUT2D eigenvalue weighted by Crippen LogP contribution is 2.35. The molecule has 0 N–H and O–H groups in total. The van der Waals surface area contributed by atoms with Gasteiger partial charge in [0.05, 0.1) is 21.4 Å². The number of furan rings is 1. The number of hydrogen-bond donors (Lipinski definition) is 0. The van der Waals surface area contributed by atoms with Crippen LogP contribution in [0.15, 0.2) is 168 Å². The van der Waals surface area contributed by atoms with E-state index in [0.717, 1.165) is 11.3 Å². The molecule has 3 aromatic carbocycles. The predicted octanol–water partition coefficient (Wildman–Crippen LogP) is 36.5. The van der Waals surface area contributed by atoms with E-state index < -0.39 is 0 Å². The maximum Gasteiger partial charge on any atom is 0.134 e. The van der Waals surface area contributed by atoms with Crippen molar-refractivity contribution in [2.45, 2.75) is 408 Å². The quantitative estimate of drug-likeness (QED) is 0.0800. The van der Waals surface area contributed by atoms with Crippen LogP contribution < -0.4 is 0 Å². The molecule has 0 atom stereocenters. The number of pyridine rings is 2. The molecule has 0 aliphatic carbocycles. The van der Waals surface area contributed by atoms with Crippen LogP contribution in [0.25, 0.3) is 22.1 Å². The van der Waals surface area contributed by atoms with E-state index in [-0.39, 0.29) is 10.8 Å². The van der Waals surface area contributed by atoms with E-state index in [2.05, 4.69) is 514 Å². The van der Waals surface area contributed by atoms with E-state index in [1.165, 1.54) is 122 Å². The van der Waals surface area contributed by atoms with Gasteiger partial charge in [0.15, 0.2) is 0 Å². The fourth-order valence-electron chi connectivity index (χ4n) is 13.7. The normalized spacial score (nSPS) is 11.7. The fraction of sp³-hybridized carbons (Fsp3) is 0.564. The zero-order chi connectivity index (χ0) is 98.3. The Labute approximate surface area is 798 Å². The van der Waals surface area contributed by atoms with E-state index in [0.29, 0.717) is 107 Å². The number of nitrogens with zero attached hydrogens (tertiary/aromatic N) is 9. The van der Waals surface area contributed by atoms with Crippen molar-refractivity contribution in [3.05, 3.63) is 275 Å². The highest BCUT2D eigenvalue weighted by molar-refractivity contribution is 7.11. The van der Waals surface area contributed by atoms with Crippen molar-refractivity contribution in [1.29, 1.82) is 0 Å². The number of rotatable bonds is 19. The Morgan fingerprint density at radius 3 is 1.07 bits per heavy atom. The summed E-state index contributed by atoms with van der Waals surface area (Å²) in [5, 5.41) is 5.90. The van der Waals surface area contributed by atoms with Gasteiger partial charge < -0.3 is 22.7 Å². The smallest absolute Gasteiger partial charge is 0.134 e. The van der Waals surface area contributed by atoms with Crippen molar-refractivity contribution in [1.82, 2.24) is 43.2 Å².